The summed E-state index contributed by atoms with van der Waals surface area (Å²) in [5.74, 6) is -0.244. The van der Waals surface area contributed by atoms with Gasteiger partial charge >= 0.3 is 6.09 Å². The van der Waals surface area contributed by atoms with Crippen LogP contribution in [0.15, 0.2) is 24.3 Å². The van der Waals surface area contributed by atoms with Crippen molar-refractivity contribution in [1.82, 2.24) is 10.6 Å². The number of nitrogens with one attached hydrogen (secondary N) is 2. The van der Waals surface area contributed by atoms with Crippen molar-refractivity contribution < 1.29 is 19.1 Å². The third kappa shape index (κ3) is 8.65. The van der Waals surface area contributed by atoms with Crippen molar-refractivity contribution in [1.29, 1.82) is 0 Å². The molecule has 1 aromatic rings. The van der Waals surface area contributed by atoms with E-state index in [1.54, 1.807) is 45.0 Å². The number of rotatable bonds is 9. The van der Waals surface area contributed by atoms with Crippen LogP contribution in [0, 0.1) is 0 Å². The highest BCUT2D eigenvalue weighted by Crippen LogP contribution is 2.09. The lowest BCUT2D eigenvalue weighted by molar-refractivity contribution is -0.123. The molecule has 0 fully saturated rings. The maximum Gasteiger partial charge on any atom is 0.408 e. The van der Waals surface area contributed by atoms with E-state index in [4.69, 9.17) is 4.74 Å². The summed E-state index contributed by atoms with van der Waals surface area (Å²) in [4.78, 5) is 35.3. The lowest BCUT2D eigenvalue weighted by atomic mass is 10.0. The number of benzene rings is 1. The van der Waals surface area contributed by atoms with E-state index in [2.05, 4.69) is 17.6 Å². The molecule has 0 radical (unpaired) electrons. The zero-order chi connectivity index (χ0) is 19.6. The Bertz CT molecular complexity index is 591. The molecule has 0 heterocycles. The molecule has 2 N–H and O–H groups in total. The molecule has 0 aliphatic rings. The molecule has 1 atom stereocenters. The van der Waals surface area contributed by atoms with Gasteiger partial charge in [0.2, 0.25) is 5.91 Å². The second-order valence-corrected chi connectivity index (χ2v) is 7.26. The highest BCUT2D eigenvalue weighted by molar-refractivity contribution is 5.86. The molecule has 144 valence electrons. The third-order valence-corrected chi connectivity index (χ3v) is 3.64. The molecule has 0 aliphatic heterocycles. The summed E-state index contributed by atoms with van der Waals surface area (Å²) in [6, 6.07) is 6.18. The van der Waals surface area contributed by atoms with Crippen LogP contribution in [0.1, 0.15) is 62.9 Å². The Kier molecular flexibility index (Phi) is 8.82. The minimum absolute atomic E-state index is 0.244. The third-order valence-electron chi connectivity index (χ3n) is 3.64. The lowest BCUT2D eigenvalue weighted by Gasteiger charge is -2.23. The first kappa shape index (κ1) is 21.7. The number of carbonyl (C=O) groups excluding carboxylic acids is 3. The minimum Gasteiger partial charge on any atom is -0.444 e. The normalized spacial score (nSPS) is 12.2. The van der Waals surface area contributed by atoms with Crippen molar-refractivity contribution in [2.24, 2.45) is 0 Å². The molecule has 26 heavy (non-hydrogen) atoms. The van der Waals surface area contributed by atoms with Gasteiger partial charge in [-0.25, -0.2) is 4.79 Å². The molecule has 2 amide bonds. The van der Waals surface area contributed by atoms with Gasteiger partial charge in [-0.2, -0.15) is 0 Å². The quantitative estimate of drug-likeness (QED) is 0.522. The number of amides is 2. The van der Waals surface area contributed by atoms with Gasteiger partial charge < -0.3 is 15.4 Å². The van der Waals surface area contributed by atoms with Crippen LogP contribution in [0.4, 0.5) is 4.79 Å². The van der Waals surface area contributed by atoms with E-state index in [0.29, 0.717) is 18.5 Å². The Labute approximate surface area is 155 Å². The molecule has 6 nitrogen and oxygen atoms in total. The van der Waals surface area contributed by atoms with E-state index in [-0.39, 0.29) is 5.91 Å². The molecule has 1 rings (SSSR count). The summed E-state index contributed by atoms with van der Waals surface area (Å²) in [7, 11) is 0. The fraction of sp³-hybridized carbons (Fsp3) is 0.550. The summed E-state index contributed by atoms with van der Waals surface area (Å²) in [6.07, 6.45) is 3.46. The maximum atomic E-state index is 12.5. The first-order chi connectivity index (χ1) is 12.2. The molecular formula is C20H30N2O4. The van der Waals surface area contributed by atoms with Gasteiger partial charge in [0, 0.05) is 18.5 Å². The molecule has 0 unspecified atom stereocenters. The van der Waals surface area contributed by atoms with Crippen LogP contribution in [0.25, 0.3) is 0 Å². The Balaban J connectivity index is 2.76. The van der Waals surface area contributed by atoms with Crippen molar-refractivity contribution in [3.8, 4) is 0 Å². The van der Waals surface area contributed by atoms with Gasteiger partial charge in [-0.1, -0.05) is 44.0 Å². The maximum absolute atomic E-state index is 12.5. The summed E-state index contributed by atoms with van der Waals surface area (Å²) in [6.45, 7) is 7.97. The average Bonchev–Trinajstić information content (AvgIpc) is 2.57. The molecule has 0 saturated carbocycles. The van der Waals surface area contributed by atoms with Crippen LogP contribution in [-0.2, 0) is 16.0 Å². The molecule has 0 saturated heterocycles. The average molecular weight is 362 g/mol. The predicted molar refractivity (Wildman–Crippen MR) is 101 cm³/mol. The number of ether oxygens (including phenoxy) is 1. The Morgan fingerprint density at radius 1 is 1.15 bits per heavy atom. The van der Waals surface area contributed by atoms with E-state index in [0.717, 1.165) is 31.1 Å². The Hall–Kier alpha value is -2.37. The topological polar surface area (TPSA) is 84.5 Å². The molecule has 0 aromatic heterocycles. The lowest BCUT2D eigenvalue weighted by Crippen LogP contribution is -2.49. The van der Waals surface area contributed by atoms with E-state index < -0.39 is 17.7 Å². The van der Waals surface area contributed by atoms with Crippen molar-refractivity contribution in [2.75, 3.05) is 6.54 Å². The smallest absolute Gasteiger partial charge is 0.408 e. The summed E-state index contributed by atoms with van der Waals surface area (Å²) in [5, 5.41) is 5.51. The van der Waals surface area contributed by atoms with Gasteiger partial charge in [0.05, 0.1) is 0 Å². The van der Waals surface area contributed by atoms with Gasteiger partial charge in [0.1, 0.15) is 17.9 Å². The van der Waals surface area contributed by atoms with E-state index in [9.17, 15) is 14.4 Å². The first-order valence-corrected chi connectivity index (χ1v) is 9.06. The molecule has 6 heteroatoms. The first-order valence-electron chi connectivity index (χ1n) is 9.06. The SMILES string of the molecule is CCCCCNC(=O)[C@H](Cc1ccc(C=O)cc1)NC(=O)OC(C)(C)C. The monoisotopic (exact) mass is 362 g/mol. The van der Waals surface area contributed by atoms with E-state index in [1.807, 2.05) is 0 Å². The summed E-state index contributed by atoms with van der Waals surface area (Å²) >= 11 is 0. The van der Waals surface area contributed by atoms with Gasteiger partial charge in [0.25, 0.3) is 0 Å². The number of unbranched alkanes of at least 4 members (excludes halogenated alkanes) is 2. The molecule has 0 bridgehead atoms. The van der Waals surface area contributed by atoms with Gasteiger partial charge in [-0.05, 0) is 32.8 Å². The van der Waals surface area contributed by atoms with Crippen molar-refractivity contribution in [3.63, 3.8) is 0 Å². The van der Waals surface area contributed by atoms with Crippen molar-refractivity contribution in [3.05, 3.63) is 35.4 Å². The number of alkyl carbamates (subject to hydrolysis) is 1. The zero-order valence-electron chi connectivity index (χ0n) is 16.1. The Morgan fingerprint density at radius 3 is 2.35 bits per heavy atom. The molecular weight excluding hydrogens is 332 g/mol. The Morgan fingerprint density at radius 2 is 1.81 bits per heavy atom. The summed E-state index contributed by atoms with van der Waals surface area (Å²) < 4.78 is 5.26. The number of carbonyl (C=O) groups is 3. The zero-order valence-corrected chi connectivity index (χ0v) is 16.1. The van der Waals surface area contributed by atoms with Crippen LogP contribution in [0.3, 0.4) is 0 Å². The molecule has 0 spiro atoms. The highest BCUT2D eigenvalue weighted by Gasteiger charge is 2.24. The largest absolute Gasteiger partial charge is 0.444 e. The fourth-order valence-corrected chi connectivity index (χ4v) is 2.34. The highest BCUT2D eigenvalue weighted by atomic mass is 16.6. The van der Waals surface area contributed by atoms with Crippen LogP contribution >= 0.6 is 0 Å². The minimum atomic E-state index is -0.742. The van der Waals surface area contributed by atoms with E-state index >= 15 is 0 Å². The standard InChI is InChI=1S/C20H30N2O4/c1-5-6-7-12-21-18(24)17(22-19(25)26-20(2,3)4)13-15-8-10-16(14-23)11-9-15/h8-11,14,17H,5-7,12-13H2,1-4H3,(H,21,24)(H,22,25)/t17-/m0/s1. The predicted octanol–water partition coefficient (Wildman–Crippen LogP) is 3.24. The van der Waals surface area contributed by atoms with Gasteiger partial charge in [-0.3, -0.25) is 9.59 Å². The molecule has 0 aliphatic carbocycles. The number of hydrogen-bond donors (Lipinski definition) is 2. The van der Waals surface area contributed by atoms with Gasteiger partial charge in [0.15, 0.2) is 0 Å². The van der Waals surface area contributed by atoms with Crippen LogP contribution in [0.2, 0.25) is 0 Å². The summed E-state index contributed by atoms with van der Waals surface area (Å²) in [5.41, 5.74) is 0.771. The second kappa shape index (κ2) is 10.6. The van der Waals surface area contributed by atoms with Crippen LogP contribution < -0.4 is 10.6 Å². The van der Waals surface area contributed by atoms with Crippen molar-refractivity contribution in [2.45, 2.75) is 65.0 Å². The van der Waals surface area contributed by atoms with Crippen LogP contribution in [0.5, 0.6) is 0 Å². The van der Waals surface area contributed by atoms with Crippen LogP contribution in [-0.4, -0.2) is 36.5 Å². The van der Waals surface area contributed by atoms with Gasteiger partial charge in [-0.15, -0.1) is 0 Å². The number of aldehydes is 1. The number of hydrogen-bond acceptors (Lipinski definition) is 4. The van der Waals surface area contributed by atoms with Crippen molar-refractivity contribution >= 4 is 18.3 Å². The van der Waals surface area contributed by atoms with E-state index in [1.165, 1.54) is 0 Å². The second-order valence-electron chi connectivity index (χ2n) is 7.26. The fourth-order valence-electron chi connectivity index (χ4n) is 2.34. The molecule has 1 aromatic carbocycles.